The largest absolute Gasteiger partial charge is 0.494 e. The molecular weight excluding hydrogens is 205 g/mol. The predicted molar refractivity (Wildman–Crippen MR) is 62.8 cm³/mol. The topological polar surface area (TPSA) is 21.3 Å². The van der Waals surface area contributed by atoms with Gasteiger partial charge in [0.1, 0.15) is 0 Å². The van der Waals surface area contributed by atoms with Crippen LogP contribution in [0.5, 0.6) is 5.75 Å². The third-order valence-electron chi connectivity index (χ3n) is 2.43. The highest BCUT2D eigenvalue weighted by atomic mass is 19.1. The second kappa shape index (κ2) is 5.53. The van der Waals surface area contributed by atoms with Gasteiger partial charge in [-0.3, -0.25) is 5.32 Å². The van der Waals surface area contributed by atoms with Crippen molar-refractivity contribution >= 4 is 0 Å². The summed E-state index contributed by atoms with van der Waals surface area (Å²) in [5.41, 5.74) is 0.848. The number of terminal acetylenes is 1. The van der Waals surface area contributed by atoms with Gasteiger partial charge in [-0.15, -0.1) is 6.42 Å². The van der Waals surface area contributed by atoms with E-state index in [1.54, 1.807) is 6.07 Å². The van der Waals surface area contributed by atoms with E-state index in [9.17, 15) is 4.39 Å². The van der Waals surface area contributed by atoms with Gasteiger partial charge in [0.15, 0.2) is 11.6 Å². The maximum atomic E-state index is 13.4. The lowest BCUT2D eigenvalue weighted by Gasteiger charge is -2.17. The Labute approximate surface area is 95.8 Å². The first-order valence-electron chi connectivity index (χ1n) is 5.14. The Balaban J connectivity index is 2.81. The van der Waals surface area contributed by atoms with Crippen LogP contribution in [0.1, 0.15) is 25.5 Å². The minimum absolute atomic E-state index is 0.00598. The normalized spacial score (nSPS) is 13.9. The van der Waals surface area contributed by atoms with E-state index in [-0.39, 0.29) is 23.7 Å². The number of nitrogens with one attached hydrogen (secondary N) is 1. The van der Waals surface area contributed by atoms with E-state index in [1.165, 1.54) is 13.2 Å². The molecule has 3 heteroatoms. The van der Waals surface area contributed by atoms with Crippen LogP contribution in [-0.4, -0.2) is 13.2 Å². The summed E-state index contributed by atoms with van der Waals surface area (Å²) in [5.74, 6) is 2.46. The second-order valence-corrected chi connectivity index (χ2v) is 3.67. The Hall–Kier alpha value is -1.53. The van der Waals surface area contributed by atoms with Crippen molar-refractivity contribution in [2.24, 2.45) is 0 Å². The van der Waals surface area contributed by atoms with E-state index in [2.05, 4.69) is 11.2 Å². The van der Waals surface area contributed by atoms with Crippen molar-refractivity contribution in [3.05, 3.63) is 29.6 Å². The minimum Gasteiger partial charge on any atom is -0.494 e. The summed E-state index contributed by atoms with van der Waals surface area (Å²) in [4.78, 5) is 0. The third-order valence-corrected chi connectivity index (χ3v) is 2.43. The van der Waals surface area contributed by atoms with Gasteiger partial charge in [0.05, 0.1) is 13.2 Å². The number of benzene rings is 1. The van der Waals surface area contributed by atoms with Crippen molar-refractivity contribution < 1.29 is 9.13 Å². The zero-order chi connectivity index (χ0) is 12.1. The maximum absolute atomic E-state index is 13.4. The average Bonchev–Trinajstić information content (AvgIpc) is 2.28. The fourth-order valence-electron chi connectivity index (χ4n) is 1.47. The van der Waals surface area contributed by atoms with Crippen molar-refractivity contribution in [1.82, 2.24) is 5.32 Å². The van der Waals surface area contributed by atoms with E-state index in [4.69, 9.17) is 11.2 Å². The summed E-state index contributed by atoms with van der Waals surface area (Å²) >= 11 is 0. The summed E-state index contributed by atoms with van der Waals surface area (Å²) in [6, 6.07) is 4.86. The monoisotopic (exact) mass is 221 g/mol. The van der Waals surface area contributed by atoms with E-state index in [0.29, 0.717) is 0 Å². The molecule has 0 aliphatic heterocycles. The Morgan fingerprint density at radius 2 is 2.12 bits per heavy atom. The quantitative estimate of drug-likeness (QED) is 0.789. The van der Waals surface area contributed by atoms with Crippen molar-refractivity contribution in [3.8, 4) is 18.1 Å². The van der Waals surface area contributed by atoms with Gasteiger partial charge in [-0.05, 0) is 31.5 Å². The molecule has 0 aliphatic rings. The lowest BCUT2D eigenvalue weighted by Crippen LogP contribution is -2.27. The number of methoxy groups -OCH3 is 1. The van der Waals surface area contributed by atoms with Crippen LogP contribution in [0, 0.1) is 18.2 Å². The number of hydrogen-bond donors (Lipinski definition) is 1. The van der Waals surface area contributed by atoms with E-state index < -0.39 is 0 Å². The molecule has 2 unspecified atom stereocenters. The molecule has 0 amide bonds. The number of ether oxygens (including phenoxy) is 1. The zero-order valence-corrected chi connectivity index (χ0v) is 9.75. The molecule has 0 aromatic heterocycles. The lowest BCUT2D eigenvalue weighted by molar-refractivity contribution is 0.385. The molecule has 0 bridgehead atoms. The Bertz CT molecular complexity index is 397. The first kappa shape index (κ1) is 12.5. The van der Waals surface area contributed by atoms with E-state index in [0.717, 1.165) is 5.56 Å². The van der Waals surface area contributed by atoms with Gasteiger partial charge in [0.25, 0.3) is 0 Å². The molecule has 86 valence electrons. The highest BCUT2D eigenvalue weighted by Crippen LogP contribution is 2.21. The van der Waals surface area contributed by atoms with Crippen LogP contribution >= 0.6 is 0 Å². The number of halogens is 1. The molecule has 2 nitrogen and oxygen atoms in total. The highest BCUT2D eigenvalue weighted by Gasteiger charge is 2.10. The lowest BCUT2D eigenvalue weighted by atomic mass is 10.1. The average molecular weight is 221 g/mol. The Morgan fingerprint density at radius 3 is 2.62 bits per heavy atom. The molecule has 1 aromatic carbocycles. The molecule has 16 heavy (non-hydrogen) atoms. The van der Waals surface area contributed by atoms with Crippen LogP contribution < -0.4 is 10.1 Å². The van der Waals surface area contributed by atoms with Crippen molar-refractivity contribution in [1.29, 1.82) is 0 Å². The van der Waals surface area contributed by atoms with Gasteiger partial charge in [-0.1, -0.05) is 12.0 Å². The molecule has 0 spiro atoms. The summed E-state index contributed by atoms with van der Waals surface area (Å²) in [7, 11) is 1.44. The predicted octanol–water partition coefficient (Wildman–Crippen LogP) is 2.51. The van der Waals surface area contributed by atoms with Crippen LogP contribution in [0.3, 0.4) is 0 Å². The molecule has 0 heterocycles. The van der Waals surface area contributed by atoms with Gasteiger partial charge in [0, 0.05) is 6.04 Å². The Morgan fingerprint density at radius 1 is 1.44 bits per heavy atom. The summed E-state index contributed by atoms with van der Waals surface area (Å²) in [6.45, 7) is 3.82. The first-order chi connectivity index (χ1) is 7.58. The Kier molecular flexibility index (Phi) is 4.33. The standard InChI is InChI=1S/C13H16FNO/c1-5-9(2)15-10(3)11-6-7-13(16-4)12(14)8-11/h1,6-10,15H,2-4H3. The van der Waals surface area contributed by atoms with E-state index in [1.807, 2.05) is 19.9 Å². The molecule has 1 aromatic rings. The summed E-state index contributed by atoms with van der Waals surface area (Å²) in [5, 5.41) is 3.17. The molecule has 0 saturated heterocycles. The molecule has 1 rings (SSSR count). The molecule has 1 N–H and O–H groups in total. The minimum atomic E-state index is -0.359. The molecule has 2 atom stereocenters. The molecule has 0 radical (unpaired) electrons. The summed E-state index contributed by atoms with van der Waals surface area (Å²) < 4.78 is 18.3. The van der Waals surface area contributed by atoms with Crippen LogP contribution in [0.15, 0.2) is 18.2 Å². The fraction of sp³-hybridized carbons (Fsp3) is 0.385. The number of hydrogen-bond acceptors (Lipinski definition) is 2. The third kappa shape index (κ3) is 2.98. The molecule has 0 aliphatic carbocycles. The van der Waals surface area contributed by atoms with Crippen molar-refractivity contribution in [3.63, 3.8) is 0 Å². The SMILES string of the molecule is C#CC(C)NC(C)c1ccc(OC)c(F)c1. The van der Waals surface area contributed by atoms with Crippen LogP contribution in [0.4, 0.5) is 4.39 Å². The van der Waals surface area contributed by atoms with Crippen LogP contribution in [-0.2, 0) is 0 Å². The van der Waals surface area contributed by atoms with Gasteiger partial charge in [0.2, 0.25) is 0 Å². The van der Waals surface area contributed by atoms with Crippen LogP contribution in [0.25, 0.3) is 0 Å². The first-order valence-corrected chi connectivity index (χ1v) is 5.14. The zero-order valence-electron chi connectivity index (χ0n) is 9.75. The summed E-state index contributed by atoms with van der Waals surface area (Å²) in [6.07, 6.45) is 5.27. The van der Waals surface area contributed by atoms with Crippen molar-refractivity contribution in [2.75, 3.05) is 7.11 Å². The molecule has 0 fully saturated rings. The van der Waals surface area contributed by atoms with Crippen LogP contribution in [0.2, 0.25) is 0 Å². The molecular formula is C13H16FNO. The van der Waals surface area contributed by atoms with Gasteiger partial charge in [-0.2, -0.15) is 0 Å². The van der Waals surface area contributed by atoms with Gasteiger partial charge in [-0.25, -0.2) is 4.39 Å². The smallest absolute Gasteiger partial charge is 0.165 e. The van der Waals surface area contributed by atoms with Gasteiger partial charge >= 0.3 is 0 Å². The van der Waals surface area contributed by atoms with Gasteiger partial charge < -0.3 is 4.74 Å². The molecule has 0 saturated carbocycles. The second-order valence-electron chi connectivity index (χ2n) is 3.67. The highest BCUT2D eigenvalue weighted by molar-refractivity contribution is 5.31. The number of rotatable bonds is 4. The maximum Gasteiger partial charge on any atom is 0.165 e. The fourth-order valence-corrected chi connectivity index (χ4v) is 1.47. The van der Waals surface area contributed by atoms with Crippen molar-refractivity contribution in [2.45, 2.75) is 25.9 Å². The van der Waals surface area contributed by atoms with E-state index >= 15 is 0 Å².